The molecule has 2 aromatic rings. The summed E-state index contributed by atoms with van der Waals surface area (Å²) in [6.07, 6.45) is -0.533. The minimum atomic E-state index is -1.98. The molecule has 7 heteroatoms. The topological polar surface area (TPSA) is 107 Å². The summed E-state index contributed by atoms with van der Waals surface area (Å²) < 4.78 is 0. The number of carboxylic acids is 1. The van der Waals surface area contributed by atoms with Gasteiger partial charge < -0.3 is 15.5 Å². The van der Waals surface area contributed by atoms with Gasteiger partial charge in [0, 0.05) is 11.1 Å². The van der Waals surface area contributed by atoms with Crippen LogP contribution in [0.3, 0.4) is 0 Å². The Morgan fingerprint density at radius 1 is 1.08 bits per heavy atom. The lowest BCUT2D eigenvalue weighted by Gasteiger charge is -2.38. The molecule has 7 nitrogen and oxygen atoms in total. The number of fused-ring (bicyclic) bond motifs is 5. The van der Waals surface area contributed by atoms with Gasteiger partial charge in [-0.05, 0) is 18.2 Å². The summed E-state index contributed by atoms with van der Waals surface area (Å²) in [5.74, 6) is -2.20. The van der Waals surface area contributed by atoms with Crippen molar-refractivity contribution in [3.05, 3.63) is 65.2 Å². The standard InChI is InChI=1S/C18H14N2O5/c21-15(22)9-14-18(25)12-7-3-1-5-10(12)17(24)20(18)13-8-4-2-6-11(13)16(23)19-14/h1-8,14,25H,9H2,(H,19,23)(H,21,22)/t14-,18-/m0/s1. The number of benzene rings is 2. The number of carbonyl (C=O) groups is 3. The predicted molar refractivity (Wildman–Crippen MR) is 87.1 cm³/mol. The van der Waals surface area contributed by atoms with Gasteiger partial charge in [0.05, 0.1) is 23.7 Å². The summed E-state index contributed by atoms with van der Waals surface area (Å²) in [6, 6.07) is 11.7. The highest BCUT2D eigenvalue weighted by Crippen LogP contribution is 2.46. The molecule has 2 aliphatic rings. The molecule has 2 aliphatic heterocycles. The first kappa shape index (κ1) is 15.3. The molecule has 0 bridgehead atoms. The Hall–Kier alpha value is -3.19. The Kier molecular flexibility index (Phi) is 3.16. The second-order valence-electron chi connectivity index (χ2n) is 6.05. The Bertz CT molecular complexity index is 925. The van der Waals surface area contributed by atoms with Crippen molar-refractivity contribution in [2.24, 2.45) is 0 Å². The molecule has 0 aliphatic carbocycles. The van der Waals surface area contributed by atoms with Gasteiger partial charge in [-0.15, -0.1) is 0 Å². The number of amides is 2. The lowest BCUT2D eigenvalue weighted by molar-refractivity contribution is -0.139. The van der Waals surface area contributed by atoms with E-state index in [-0.39, 0.29) is 22.4 Å². The smallest absolute Gasteiger partial charge is 0.305 e. The van der Waals surface area contributed by atoms with Gasteiger partial charge in [-0.1, -0.05) is 30.3 Å². The number of hydrogen-bond donors (Lipinski definition) is 3. The zero-order valence-corrected chi connectivity index (χ0v) is 13.0. The van der Waals surface area contributed by atoms with Crippen LogP contribution in [0.2, 0.25) is 0 Å². The van der Waals surface area contributed by atoms with Crippen molar-refractivity contribution in [1.29, 1.82) is 0 Å². The Balaban J connectivity index is 2.02. The van der Waals surface area contributed by atoms with Crippen molar-refractivity contribution in [2.75, 3.05) is 4.90 Å². The number of rotatable bonds is 2. The highest BCUT2D eigenvalue weighted by atomic mass is 16.4. The average molecular weight is 338 g/mol. The van der Waals surface area contributed by atoms with Crippen molar-refractivity contribution < 1.29 is 24.6 Å². The zero-order chi connectivity index (χ0) is 17.8. The van der Waals surface area contributed by atoms with Crippen molar-refractivity contribution in [1.82, 2.24) is 5.32 Å². The second kappa shape index (κ2) is 5.15. The first-order chi connectivity index (χ1) is 11.9. The molecular weight excluding hydrogens is 324 g/mol. The number of hydrogen-bond acceptors (Lipinski definition) is 4. The Morgan fingerprint density at radius 3 is 2.44 bits per heavy atom. The Morgan fingerprint density at radius 2 is 1.72 bits per heavy atom. The van der Waals surface area contributed by atoms with Gasteiger partial charge in [-0.3, -0.25) is 19.3 Å². The zero-order valence-electron chi connectivity index (χ0n) is 13.0. The lowest BCUT2D eigenvalue weighted by atomic mass is 9.92. The van der Waals surface area contributed by atoms with Gasteiger partial charge in [0.15, 0.2) is 5.72 Å². The van der Waals surface area contributed by atoms with E-state index in [2.05, 4.69) is 5.32 Å². The van der Waals surface area contributed by atoms with Crippen LogP contribution in [0.5, 0.6) is 0 Å². The summed E-state index contributed by atoms with van der Waals surface area (Å²) in [5.41, 5.74) is -0.963. The maximum Gasteiger partial charge on any atom is 0.305 e. The average Bonchev–Trinajstić information content (AvgIpc) is 2.77. The number of nitrogens with zero attached hydrogens (tertiary/aromatic N) is 1. The fraction of sp³-hybridized carbons (Fsp3) is 0.167. The number of nitrogens with one attached hydrogen (secondary N) is 1. The molecule has 4 rings (SSSR count). The number of carboxylic acid groups (broad SMARTS) is 1. The first-order valence-electron chi connectivity index (χ1n) is 7.72. The van der Waals surface area contributed by atoms with Gasteiger partial charge in [-0.2, -0.15) is 0 Å². The summed E-state index contributed by atoms with van der Waals surface area (Å²) in [6.45, 7) is 0. The molecule has 0 saturated carbocycles. The SMILES string of the molecule is O=C(O)C[C@@H]1NC(=O)c2ccccc2N2C(=O)c3ccccc3[C@]12O. The van der Waals surface area contributed by atoms with E-state index in [1.54, 1.807) is 42.5 Å². The summed E-state index contributed by atoms with van der Waals surface area (Å²) in [4.78, 5) is 37.9. The maximum atomic E-state index is 13.0. The predicted octanol–water partition coefficient (Wildman–Crippen LogP) is 1.08. The van der Waals surface area contributed by atoms with Gasteiger partial charge in [-0.25, -0.2) is 0 Å². The quantitative estimate of drug-likeness (QED) is 0.759. The fourth-order valence-corrected chi connectivity index (χ4v) is 3.59. The van der Waals surface area contributed by atoms with E-state index in [4.69, 9.17) is 0 Å². The largest absolute Gasteiger partial charge is 0.481 e. The van der Waals surface area contributed by atoms with Crippen LogP contribution in [0.4, 0.5) is 5.69 Å². The van der Waals surface area contributed by atoms with Gasteiger partial charge in [0.25, 0.3) is 11.8 Å². The molecule has 126 valence electrons. The van der Waals surface area contributed by atoms with Gasteiger partial charge in [0.1, 0.15) is 0 Å². The van der Waals surface area contributed by atoms with Crippen molar-refractivity contribution in [2.45, 2.75) is 18.2 Å². The van der Waals surface area contributed by atoms with Crippen LogP contribution >= 0.6 is 0 Å². The highest BCUT2D eigenvalue weighted by molar-refractivity contribution is 6.16. The molecule has 2 heterocycles. The van der Waals surface area contributed by atoms with Crippen molar-refractivity contribution >= 4 is 23.5 Å². The van der Waals surface area contributed by atoms with Crippen LogP contribution in [-0.2, 0) is 10.5 Å². The van der Waals surface area contributed by atoms with E-state index in [1.807, 2.05) is 0 Å². The summed E-state index contributed by atoms with van der Waals surface area (Å²) in [7, 11) is 0. The van der Waals surface area contributed by atoms with Crippen LogP contribution in [0.15, 0.2) is 48.5 Å². The molecule has 2 atom stereocenters. The first-order valence-corrected chi connectivity index (χ1v) is 7.72. The van der Waals surface area contributed by atoms with Crippen LogP contribution in [0.1, 0.15) is 32.7 Å². The minimum Gasteiger partial charge on any atom is -0.481 e. The Labute approximate surface area is 142 Å². The minimum absolute atomic E-state index is 0.204. The fourth-order valence-electron chi connectivity index (χ4n) is 3.59. The third-order valence-electron chi connectivity index (χ3n) is 4.66. The summed E-state index contributed by atoms with van der Waals surface area (Å²) >= 11 is 0. The highest BCUT2D eigenvalue weighted by Gasteiger charge is 2.57. The van der Waals surface area contributed by atoms with E-state index >= 15 is 0 Å². The maximum absolute atomic E-state index is 13.0. The molecule has 2 amide bonds. The van der Waals surface area contributed by atoms with Crippen LogP contribution < -0.4 is 10.2 Å². The molecule has 0 saturated heterocycles. The molecule has 3 N–H and O–H groups in total. The number of aliphatic carboxylic acids is 1. The van der Waals surface area contributed by atoms with Crippen LogP contribution in [0, 0.1) is 0 Å². The molecule has 0 aromatic heterocycles. The summed E-state index contributed by atoms with van der Waals surface area (Å²) in [5, 5.41) is 23.3. The third-order valence-corrected chi connectivity index (χ3v) is 4.66. The normalized spacial score (nSPS) is 24.0. The number of para-hydroxylation sites is 1. The third kappa shape index (κ3) is 1.99. The number of anilines is 1. The number of aliphatic hydroxyl groups is 1. The van der Waals surface area contributed by atoms with Gasteiger partial charge >= 0.3 is 5.97 Å². The molecule has 0 spiro atoms. The molecule has 0 fully saturated rings. The van der Waals surface area contributed by atoms with E-state index in [0.717, 1.165) is 4.90 Å². The molecule has 0 radical (unpaired) electrons. The van der Waals surface area contributed by atoms with Gasteiger partial charge in [0.2, 0.25) is 0 Å². The molecular formula is C18H14N2O5. The monoisotopic (exact) mass is 338 g/mol. The molecule has 25 heavy (non-hydrogen) atoms. The number of carbonyl (C=O) groups excluding carboxylic acids is 2. The van der Waals surface area contributed by atoms with E-state index < -0.39 is 36.0 Å². The van der Waals surface area contributed by atoms with Crippen molar-refractivity contribution in [3.8, 4) is 0 Å². The molecule has 0 unspecified atom stereocenters. The van der Waals surface area contributed by atoms with E-state index in [1.165, 1.54) is 6.07 Å². The second-order valence-corrected chi connectivity index (χ2v) is 6.05. The molecule has 2 aromatic carbocycles. The van der Waals surface area contributed by atoms with Crippen LogP contribution in [-0.4, -0.2) is 34.0 Å². The van der Waals surface area contributed by atoms with E-state index in [0.29, 0.717) is 0 Å². The van der Waals surface area contributed by atoms with E-state index in [9.17, 15) is 24.6 Å². The van der Waals surface area contributed by atoms with Crippen molar-refractivity contribution in [3.63, 3.8) is 0 Å². The van der Waals surface area contributed by atoms with Crippen LogP contribution in [0.25, 0.3) is 0 Å². The lowest BCUT2D eigenvalue weighted by Crippen LogP contribution is -2.57.